The molecule has 0 bridgehead atoms. The fourth-order valence-corrected chi connectivity index (χ4v) is 6.24. The van der Waals surface area contributed by atoms with Gasteiger partial charge in [-0.3, -0.25) is 9.69 Å². The molecular formula is C31H39N9O. The lowest BCUT2D eigenvalue weighted by atomic mass is 9.90. The van der Waals surface area contributed by atoms with Crippen molar-refractivity contribution in [1.29, 1.82) is 0 Å². The van der Waals surface area contributed by atoms with Crippen LogP contribution in [0.25, 0.3) is 22.3 Å². The molecule has 0 radical (unpaired) electrons. The average molecular weight is 554 g/mol. The molecule has 214 valence electrons. The van der Waals surface area contributed by atoms with Gasteiger partial charge in [-0.05, 0) is 56.5 Å². The van der Waals surface area contributed by atoms with Crippen LogP contribution in [0.15, 0.2) is 54.9 Å². The van der Waals surface area contributed by atoms with Gasteiger partial charge in [-0.2, -0.15) is 5.10 Å². The Morgan fingerprint density at radius 2 is 1.66 bits per heavy atom. The zero-order valence-electron chi connectivity index (χ0n) is 23.9. The molecule has 0 atom stereocenters. The average Bonchev–Trinajstić information content (AvgIpc) is 3.38. The number of fused-ring (bicyclic) bond motifs is 1. The van der Waals surface area contributed by atoms with Gasteiger partial charge in [-0.25, -0.2) is 14.6 Å². The maximum Gasteiger partial charge on any atom is 0.221 e. The second-order valence-corrected chi connectivity index (χ2v) is 11.3. The number of para-hydroxylation sites is 1. The number of rotatable bonds is 7. The number of nitrogens with two attached hydrogens (primary N) is 1. The lowest BCUT2D eigenvalue weighted by Gasteiger charge is -2.41. The van der Waals surface area contributed by atoms with E-state index in [2.05, 4.69) is 54.3 Å². The molecule has 2 aromatic carbocycles. The number of nitrogens with one attached hydrogen (secondary N) is 2. The largest absolute Gasteiger partial charge is 0.383 e. The third-order valence-corrected chi connectivity index (χ3v) is 8.55. The number of benzene rings is 2. The topological polar surface area (TPSA) is 117 Å². The van der Waals surface area contributed by atoms with E-state index in [4.69, 9.17) is 10.8 Å². The zero-order chi connectivity index (χ0) is 28.3. The summed E-state index contributed by atoms with van der Waals surface area (Å²) in [6, 6.07) is 17.0. The summed E-state index contributed by atoms with van der Waals surface area (Å²) in [5.74, 6) is 0.374. The lowest BCUT2D eigenvalue weighted by molar-refractivity contribution is -0.114. The molecule has 1 saturated heterocycles. The Bertz CT molecular complexity index is 1500. The van der Waals surface area contributed by atoms with Crippen molar-refractivity contribution >= 4 is 34.1 Å². The van der Waals surface area contributed by atoms with Gasteiger partial charge in [0, 0.05) is 62.6 Å². The SMILES string of the molecule is CC(=O)Nc1ccccc1CNc1ccc(-c2nn(C3CCC(N4CCN(C)CC4)CC3)c3ncnc(N)c23)cc1. The van der Waals surface area contributed by atoms with Crippen LogP contribution in [0.1, 0.15) is 44.2 Å². The Labute approximate surface area is 240 Å². The van der Waals surface area contributed by atoms with Crippen LogP contribution in [-0.2, 0) is 11.3 Å². The summed E-state index contributed by atoms with van der Waals surface area (Å²) in [5, 5.41) is 12.3. The van der Waals surface area contributed by atoms with Gasteiger partial charge in [-0.15, -0.1) is 0 Å². The smallest absolute Gasteiger partial charge is 0.221 e. The van der Waals surface area contributed by atoms with E-state index in [1.54, 1.807) is 6.33 Å². The first-order chi connectivity index (χ1) is 20.0. The first-order valence-corrected chi connectivity index (χ1v) is 14.6. The maximum atomic E-state index is 11.6. The van der Waals surface area contributed by atoms with E-state index in [-0.39, 0.29) is 5.91 Å². The Kier molecular flexibility index (Phi) is 7.84. The molecule has 1 amide bonds. The Morgan fingerprint density at radius 1 is 0.951 bits per heavy atom. The minimum absolute atomic E-state index is 0.0835. The highest BCUT2D eigenvalue weighted by molar-refractivity contribution is 5.98. The summed E-state index contributed by atoms with van der Waals surface area (Å²) in [6.45, 7) is 6.74. The number of carbonyl (C=O) groups is 1. The van der Waals surface area contributed by atoms with E-state index in [0.29, 0.717) is 24.4 Å². The van der Waals surface area contributed by atoms with Gasteiger partial charge < -0.3 is 21.3 Å². The summed E-state index contributed by atoms with van der Waals surface area (Å²) in [6.07, 6.45) is 6.06. The summed E-state index contributed by atoms with van der Waals surface area (Å²) in [5.41, 5.74) is 11.8. The van der Waals surface area contributed by atoms with Crippen molar-refractivity contribution in [1.82, 2.24) is 29.5 Å². The molecule has 1 saturated carbocycles. The number of aromatic nitrogens is 4. The zero-order valence-corrected chi connectivity index (χ0v) is 23.9. The number of hydrogen-bond acceptors (Lipinski definition) is 8. The number of nitrogens with zero attached hydrogens (tertiary/aromatic N) is 6. The van der Waals surface area contributed by atoms with Crippen LogP contribution >= 0.6 is 0 Å². The quantitative estimate of drug-likeness (QED) is 0.309. The molecule has 6 rings (SSSR count). The number of anilines is 3. The Morgan fingerprint density at radius 3 is 2.39 bits per heavy atom. The van der Waals surface area contributed by atoms with Gasteiger partial charge in [0.25, 0.3) is 0 Å². The van der Waals surface area contributed by atoms with E-state index < -0.39 is 0 Å². The van der Waals surface area contributed by atoms with Gasteiger partial charge in [-0.1, -0.05) is 30.3 Å². The first kappa shape index (κ1) is 27.2. The monoisotopic (exact) mass is 553 g/mol. The molecule has 10 heteroatoms. The van der Waals surface area contributed by atoms with Gasteiger partial charge in [0.1, 0.15) is 17.8 Å². The molecule has 2 fully saturated rings. The van der Waals surface area contributed by atoms with Gasteiger partial charge in [0.05, 0.1) is 11.4 Å². The number of amides is 1. The molecular weight excluding hydrogens is 514 g/mol. The van der Waals surface area contributed by atoms with Gasteiger partial charge >= 0.3 is 0 Å². The molecule has 2 aliphatic rings. The molecule has 2 aromatic heterocycles. The Balaban J connectivity index is 1.18. The van der Waals surface area contributed by atoms with Crippen LogP contribution in [0, 0.1) is 0 Å². The molecule has 0 unspecified atom stereocenters. The van der Waals surface area contributed by atoms with Crippen molar-refractivity contribution in [3.63, 3.8) is 0 Å². The predicted octanol–water partition coefficient (Wildman–Crippen LogP) is 4.38. The minimum atomic E-state index is -0.0835. The second kappa shape index (κ2) is 11.8. The van der Waals surface area contributed by atoms with E-state index in [9.17, 15) is 4.79 Å². The van der Waals surface area contributed by atoms with Crippen LogP contribution in [0.2, 0.25) is 0 Å². The highest BCUT2D eigenvalue weighted by atomic mass is 16.1. The minimum Gasteiger partial charge on any atom is -0.383 e. The van der Waals surface area contributed by atoms with Crippen molar-refractivity contribution in [2.24, 2.45) is 0 Å². The molecule has 10 nitrogen and oxygen atoms in total. The molecule has 1 aliphatic carbocycles. The predicted molar refractivity (Wildman–Crippen MR) is 164 cm³/mol. The third-order valence-electron chi connectivity index (χ3n) is 8.55. The van der Waals surface area contributed by atoms with E-state index >= 15 is 0 Å². The van der Waals surface area contributed by atoms with Crippen LogP contribution in [0.4, 0.5) is 17.2 Å². The number of hydrogen-bond donors (Lipinski definition) is 3. The first-order valence-electron chi connectivity index (χ1n) is 14.6. The molecule has 4 aromatic rings. The van der Waals surface area contributed by atoms with Crippen molar-refractivity contribution < 1.29 is 4.79 Å². The van der Waals surface area contributed by atoms with Crippen LogP contribution < -0.4 is 16.4 Å². The number of carbonyl (C=O) groups excluding carboxylic acids is 1. The molecule has 0 spiro atoms. The molecule has 41 heavy (non-hydrogen) atoms. The third kappa shape index (κ3) is 5.89. The summed E-state index contributed by atoms with van der Waals surface area (Å²) in [4.78, 5) is 25.6. The highest BCUT2D eigenvalue weighted by Crippen LogP contribution is 2.37. The standard InChI is InChI=1S/C31H39N9O/c1-21(41)36-27-6-4-3-5-23(27)19-33-24-9-7-22(8-10-24)29-28-30(32)34-20-35-31(28)40(37-29)26-13-11-25(12-14-26)39-17-15-38(2)16-18-39/h3-10,20,25-26,33H,11-19H2,1-2H3,(H,36,41)(H2,32,34,35). The van der Waals surface area contributed by atoms with E-state index in [1.807, 2.05) is 36.4 Å². The molecule has 1 aliphatic heterocycles. The summed E-state index contributed by atoms with van der Waals surface area (Å²) in [7, 11) is 2.21. The summed E-state index contributed by atoms with van der Waals surface area (Å²) >= 11 is 0. The van der Waals surface area contributed by atoms with Crippen molar-refractivity contribution in [2.75, 3.05) is 49.6 Å². The van der Waals surface area contributed by atoms with Crippen molar-refractivity contribution in [2.45, 2.75) is 51.2 Å². The van der Waals surface area contributed by atoms with Crippen molar-refractivity contribution in [3.8, 4) is 11.3 Å². The number of nitrogen functional groups attached to an aromatic ring is 1. The second-order valence-electron chi connectivity index (χ2n) is 11.3. The van der Waals surface area contributed by atoms with Crippen LogP contribution in [0.3, 0.4) is 0 Å². The fourth-order valence-electron chi connectivity index (χ4n) is 6.24. The molecule has 3 heterocycles. The van der Waals surface area contributed by atoms with Gasteiger partial charge in [0.15, 0.2) is 5.65 Å². The van der Waals surface area contributed by atoms with Gasteiger partial charge in [0.2, 0.25) is 5.91 Å². The maximum absolute atomic E-state index is 11.6. The summed E-state index contributed by atoms with van der Waals surface area (Å²) < 4.78 is 2.11. The normalized spacial score (nSPS) is 20.2. The van der Waals surface area contributed by atoms with E-state index in [1.165, 1.54) is 19.8 Å². The highest BCUT2D eigenvalue weighted by Gasteiger charge is 2.30. The van der Waals surface area contributed by atoms with Crippen molar-refractivity contribution in [3.05, 3.63) is 60.4 Å². The van der Waals surface area contributed by atoms with Crippen LogP contribution in [-0.4, -0.2) is 74.7 Å². The Hall–Kier alpha value is -4.02. The number of likely N-dealkylation sites (N-methyl/N-ethyl adjacent to an activating group) is 1. The molecule has 4 N–H and O–H groups in total. The van der Waals surface area contributed by atoms with E-state index in [0.717, 1.165) is 78.2 Å². The van der Waals surface area contributed by atoms with Crippen LogP contribution in [0.5, 0.6) is 0 Å². The number of piperazine rings is 1. The fraction of sp³-hybridized carbons (Fsp3) is 0.419. The lowest BCUT2D eigenvalue weighted by Crippen LogP contribution is -2.49.